The van der Waals surface area contributed by atoms with E-state index in [9.17, 15) is 14.4 Å². The van der Waals surface area contributed by atoms with Gasteiger partial charge < -0.3 is 19.7 Å². The first-order chi connectivity index (χ1) is 15.6. The molecule has 0 radical (unpaired) electrons. The second-order valence-electron chi connectivity index (χ2n) is 8.92. The third-order valence-electron chi connectivity index (χ3n) is 5.35. The largest absolute Gasteiger partial charge is 0.483 e. The van der Waals surface area contributed by atoms with Crippen LogP contribution in [0.15, 0.2) is 53.0 Å². The molecule has 8 heteroatoms. The van der Waals surface area contributed by atoms with Gasteiger partial charge in [0.15, 0.2) is 6.61 Å². The summed E-state index contributed by atoms with van der Waals surface area (Å²) in [5, 5.41) is 2.72. The maximum atomic E-state index is 13.0. The van der Waals surface area contributed by atoms with Crippen molar-refractivity contribution in [1.82, 2.24) is 10.2 Å². The van der Waals surface area contributed by atoms with E-state index in [1.165, 1.54) is 4.90 Å². The lowest BCUT2D eigenvalue weighted by atomic mass is 9.86. The summed E-state index contributed by atoms with van der Waals surface area (Å²) in [6.07, 6.45) is -0.212. The second kappa shape index (κ2) is 10.8. The summed E-state index contributed by atoms with van der Waals surface area (Å²) >= 11 is 3.48. The molecule has 2 aromatic rings. The number of rotatable bonds is 7. The van der Waals surface area contributed by atoms with Gasteiger partial charge in [0.25, 0.3) is 5.91 Å². The van der Waals surface area contributed by atoms with E-state index in [2.05, 4.69) is 42.0 Å². The highest BCUT2D eigenvalue weighted by molar-refractivity contribution is 9.10. The van der Waals surface area contributed by atoms with Crippen molar-refractivity contribution in [2.45, 2.75) is 45.3 Å². The van der Waals surface area contributed by atoms with Crippen LogP contribution >= 0.6 is 15.9 Å². The average Bonchev–Trinajstić information content (AvgIpc) is 2.78. The summed E-state index contributed by atoms with van der Waals surface area (Å²) in [7, 11) is 0. The highest BCUT2D eigenvalue weighted by Crippen LogP contribution is 2.33. The summed E-state index contributed by atoms with van der Waals surface area (Å²) in [4.78, 5) is 39.2. The maximum Gasteiger partial charge on any atom is 0.308 e. The van der Waals surface area contributed by atoms with Crippen molar-refractivity contribution in [3.05, 3.63) is 64.1 Å². The van der Waals surface area contributed by atoms with Crippen molar-refractivity contribution >= 4 is 33.7 Å². The summed E-state index contributed by atoms with van der Waals surface area (Å²) in [5.74, 6) is -0.652. The Morgan fingerprint density at radius 2 is 1.88 bits per heavy atom. The van der Waals surface area contributed by atoms with E-state index in [4.69, 9.17) is 9.47 Å². The summed E-state index contributed by atoms with van der Waals surface area (Å²) in [6.45, 7) is 6.71. The van der Waals surface area contributed by atoms with E-state index >= 15 is 0 Å². The van der Waals surface area contributed by atoms with Crippen LogP contribution in [0.3, 0.4) is 0 Å². The number of piperazine rings is 1. The SMILES string of the molecule is CC(C)(C)c1cc(Br)ccc1OCC(=O)N1CCNC(=O)C1CC(=O)OCc1ccccc1. The molecule has 1 saturated heterocycles. The van der Waals surface area contributed by atoms with Crippen LogP contribution in [-0.4, -0.2) is 48.4 Å². The number of nitrogens with zero attached hydrogens (tertiary/aromatic N) is 1. The second-order valence-corrected chi connectivity index (χ2v) is 9.84. The summed E-state index contributed by atoms with van der Waals surface area (Å²) in [6, 6.07) is 14.0. The van der Waals surface area contributed by atoms with E-state index in [1.54, 1.807) is 0 Å². The smallest absolute Gasteiger partial charge is 0.308 e. The molecule has 1 heterocycles. The normalized spacial score (nSPS) is 16.2. The molecular formula is C25H29BrN2O5. The van der Waals surface area contributed by atoms with E-state index in [0.717, 1.165) is 15.6 Å². The van der Waals surface area contributed by atoms with Crippen LogP contribution < -0.4 is 10.1 Å². The molecule has 176 valence electrons. The van der Waals surface area contributed by atoms with E-state index < -0.39 is 12.0 Å². The van der Waals surface area contributed by atoms with E-state index in [-0.39, 0.29) is 36.9 Å². The van der Waals surface area contributed by atoms with Gasteiger partial charge in [-0.3, -0.25) is 14.4 Å². The number of nitrogens with one attached hydrogen (secondary N) is 1. The van der Waals surface area contributed by atoms with Gasteiger partial charge in [-0.1, -0.05) is 67.0 Å². The molecule has 2 aromatic carbocycles. The van der Waals surface area contributed by atoms with Crippen molar-refractivity contribution in [1.29, 1.82) is 0 Å². The quantitative estimate of drug-likeness (QED) is 0.568. The lowest BCUT2D eigenvalue weighted by Crippen LogP contribution is -2.58. The molecule has 1 aliphatic heterocycles. The van der Waals surface area contributed by atoms with Gasteiger partial charge in [-0.25, -0.2) is 0 Å². The van der Waals surface area contributed by atoms with Gasteiger partial charge in [0.1, 0.15) is 18.4 Å². The molecule has 0 bridgehead atoms. The van der Waals surface area contributed by atoms with Crippen LogP contribution in [0, 0.1) is 0 Å². The monoisotopic (exact) mass is 516 g/mol. The van der Waals surface area contributed by atoms with Crippen LogP contribution in [0.4, 0.5) is 0 Å². The summed E-state index contributed by atoms with van der Waals surface area (Å²) < 4.78 is 12.1. The van der Waals surface area contributed by atoms with Gasteiger partial charge in [-0.05, 0) is 29.2 Å². The third-order valence-corrected chi connectivity index (χ3v) is 5.85. The van der Waals surface area contributed by atoms with Gasteiger partial charge in [0.05, 0.1) is 6.42 Å². The Morgan fingerprint density at radius 1 is 1.15 bits per heavy atom. The van der Waals surface area contributed by atoms with E-state index in [0.29, 0.717) is 18.8 Å². The van der Waals surface area contributed by atoms with Crippen LogP contribution in [0.1, 0.15) is 38.3 Å². The molecule has 7 nitrogen and oxygen atoms in total. The fourth-order valence-electron chi connectivity index (χ4n) is 3.61. The Balaban J connectivity index is 1.63. The molecule has 1 atom stereocenters. The Kier molecular flexibility index (Phi) is 8.13. The molecule has 1 fully saturated rings. The Bertz CT molecular complexity index is 1000. The Labute approximate surface area is 202 Å². The molecule has 1 aliphatic rings. The number of ether oxygens (including phenoxy) is 2. The van der Waals surface area contributed by atoms with Gasteiger partial charge >= 0.3 is 5.97 Å². The number of hydrogen-bond acceptors (Lipinski definition) is 5. The highest BCUT2D eigenvalue weighted by atomic mass is 79.9. The topological polar surface area (TPSA) is 84.9 Å². The van der Waals surface area contributed by atoms with Crippen molar-refractivity contribution in [2.75, 3.05) is 19.7 Å². The number of esters is 1. The van der Waals surface area contributed by atoms with Crippen LogP contribution in [0.2, 0.25) is 0 Å². The molecule has 33 heavy (non-hydrogen) atoms. The Hall–Kier alpha value is -2.87. The fraction of sp³-hybridized carbons (Fsp3) is 0.400. The number of hydrogen-bond donors (Lipinski definition) is 1. The van der Waals surface area contributed by atoms with Gasteiger partial charge in [-0.15, -0.1) is 0 Å². The third kappa shape index (κ3) is 6.81. The standard InChI is InChI=1S/C25H29BrN2O5/c1-25(2,3)19-13-18(26)9-10-21(19)32-16-22(29)28-12-11-27-24(31)20(28)14-23(30)33-15-17-7-5-4-6-8-17/h4-10,13,20H,11-12,14-16H2,1-3H3,(H,27,31). The van der Waals surface area contributed by atoms with Crippen molar-refractivity contribution < 1.29 is 23.9 Å². The zero-order valence-corrected chi connectivity index (χ0v) is 20.7. The lowest BCUT2D eigenvalue weighted by molar-refractivity contribution is -0.153. The number of carbonyl (C=O) groups excluding carboxylic acids is 3. The van der Waals surface area contributed by atoms with Crippen molar-refractivity contribution in [3.63, 3.8) is 0 Å². The van der Waals surface area contributed by atoms with Gasteiger partial charge in [-0.2, -0.15) is 0 Å². The maximum absolute atomic E-state index is 13.0. The first-order valence-electron chi connectivity index (χ1n) is 10.8. The first-order valence-corrected chi connectivity index (χ1v) is 11.6. The molecule has 1 N–H and O–H groups in total. The highest BCUT2D eigenvalue weighted by Gasteiger charge is 2.35. The molecular weight excluding hydrogens is 488 g/mol. The van der Waals surface area contributed by atoms with Crippen LogP contribution in [0.5, 0.6) is 5.75 Å². The fourth-order valence-corrected chi connectivity index (χ4v) is 3.97. The number of benzene rings is 2. The minimum absolute atomic E-state index is 0.115. The zero-order valence-electron chi connectivity index (χ0n) is 19.1. The van der Waals surface area contributed by atoms with Crippen LogP contribution in [-0.2, 0) is 31.1 Å². The van der Waals surface area contributed by atoms with Crippen molar-refractivity contribution in [2.24, 2.45) is 0 Å². The first kappa shape index (κ1) is 24.8. The molecule has 1 unspecified atom stereocenters. The van der Waals surface area contributed by atoms with E-state index in [1.807, 2.05) is 48.5 Å². The number of amides is 2. The molecule has 0 saturated carbocycles. The molecule has 2 amide bonds. The van der Waals surface area contributed by atoms with Gasteiger partial charge in [0.2, 0.25) is 5.91 Å². The van der Waals surface area contributed by atoms with Gasteiger partial charge in [0, 0.05) is 23.1 Å². The molecule has 0 aromatic heterocycles. The Morgan fingerprint density at radius 3 is 2.58 bits per heavy atom. The zero-order chi connectivity index (χ0) is 24.0. The minimum atomic E-state index is -0.926. The molecule has 0 aliphatic carbocycles. The summed E-state index contributed by atoms with van der Waals surface area (Å²) in [5.41, 5.74) is 1.63. The molecule has 0 spiro atoms. The molecule has 3 rings (SSSR count). The average molecular weight is 517 g/mol. The van der Waals surface area contributed by atoms with Crippen molar-refractivity contribution in [3.8, 4) is 5.75 Å². The predicted octanol–water partition coefficient (Wildman–Crippen LogP) is 3.59. The van der Waals surface area contributed by atoms with Crippen LogP contribution in [0.25, 0.3) is 0 Å². The number of halogens is 1. The minimum Gasteiger partial charge on any atom is -0.483 e. The lowest BCUT2D eigenvalue weighted by Gasteiger charge is -2.34. The predicted molar refractivity (Wildman–Crippen MR) is 128 cm³/mol. The number of carbonyl (C=O) groups is 3.